The van der Waals surface area contributed by atoms with Gasteiger partial charge in [-0.2, -0.15) is 5.10 Å². The van der Waals surface area contributed by atoms with E-state index in [1.807, 2.05) is 32.0 Å². The molecule has 0 saturated heterocycles. The number of aryl methyl sites for hydroxylation is 2. The second-order valence-corrected chi connectivity index (χ2v) is 6.82. The van der Waals surface area contributed by atoms with Gasteiger partial charge >= 0.3 is 0 Å². The molecular weight excluding hydrogens is 369 g/mol. The molecule has 1 unspecified atom stereocenters. The van der Waals surface area contributed by atoms with Gasteiger partial charge in [0.1, 0.15) is 5.82 Å². The average molecular weight is 393 g/mol. The van der Waals surface area contributed by atoms with E-state index in [4.69, 9.17) is 5.73 Å². The van der Waals surface area contributed by atoms with Crippen LogP contribution in [-0.2, 0) is 7.05 Å². The zero-order valence-electron chi connectivity index (χ0n) is 16.7. The van der Waals surface area contributed by atoms with Crippen LogP contribution in [0, 0.1) is 12.7 Å². The highest BCUT2D eigenvalue weighted by atomic mass is 19.1. The molecule has 0 aliphatic heterocycles. The molecule has 0 saturated carbocycles. The molecule has 0 spiro atoms. The Bertz CT molecular complexity index is 1090. The van der Waals surface area contributed by atoms with E-state index < -0.39 is 0 Å². The van der Waals surface area contributed by atoms with Crippen molar-refractivity contribution >= 4 is 11.6 Å². The van der Waals surface area contributed by atoms with Crippen molar-refractivity contribution in [2.24, 2.45) is 17.8 Å². The van der Waals surface area contributed by atoms with Crippen LogP contribution in [0.5, 0.6) is 0 Å². The van der Waals surface area contributed by atoms with Crippen molar-refractivity contribution < 1.29 is 4.39 Å². The van der Waals surface area contributed by atoms with Crippen LogP contribution < -0.4 is 16.6 Å². The maximum absolute atomic E-state index is 13.2. The van der Waals surface area contributed by atoms with Crippen molar-refractivity contribution in [3.63, 3.8) is 0 Å². The first-order valence-electron chi connectivity index (χ1n) is 9.38. The van der Waals surface area contributed by atoms with Crippen LogP contribution in [0.15, 0.2) is 64.5 Å². The van der Waals surface area contributed by atoms with Crippen LogP contribution in [0.4, 0.5) is 10.1 Å². The van der Waals surface area contributed by atoms with Crippen LogP contribution >= 0.6 is 0 Å². The number of guanidine groups is 1. The molecule has 1 heterocycles. The fourth-order valence-electron chi connectivity index (χ4n) is 3.07. The number of hydrogen-bond donors (Lipinski definition) is 2. The quantitative estimate of drug-likeness (QED) is 0.510. The van der Waals surface area contributed by atoms with E-state index in [1.54, 1.807) is 31.4 Å². The maximum atomic E-state index is 13.2. The summed E-state index contributed by atoms with van der Waals surface area (Å²) >= 11 is 0. The Hall–Kier alpha value is -3.48. The lowest BCUT2D eigenvalue weighted by Gasteiger charge is -2.15. The molecule has 0 fully saturated rings. The summed E-state index contributed by atoms with van der Waals surface area (Å²) in [5.41, 5.74) is 9.91. The van der Waals surface area contributed by atoms with Gasteiger partial charge in [0, 0.05) is 18.9 Å². The highest BCUT2D eigenvalue weighted by Crippen LogP contribution is 2.24. The van der Waals surface area contributed by atoms with Crippen molar-refractivity contribution in [2.45, 2.75) is 26.3 Å². The number of anilines is 1. The largest absolute Gasteiger partial charge is 0.370 e. The third-order valence-corrected chi connectivity index (χ3v) is 4.75. The molecule has 0 amide bonds. The summed E-state index contributed by atoms with van der Waals surface area (Å²) in [5.74, 6) is -0.0302. The van der Waals surface area contributed by atoms with E-state index >= 15 is 0 Å². The highest BCUT2D eigenvalue weighted by molar-refractivity contribution is 5.94. The van der Waals surface area contributed by atoms with Gasteiger partial charge in [-0.25, -0.2) is 14.1 Å². The molecular formula is C22H24FN5O. The van der Waals surface area contributed by atoms with Crippen molar-refractivity contribution in [2.75, 3.05) is 5.32 Å². The summed E-state index contributed by atoms with van der Waals surface area (Å²) in [5, 5.41) is 7.09. The number of nitrogens with zero attached hydrogens (tertiary/aromatic N) is 3. The second kappa shape index (κ2) is 8.68. The van der Waals surface area contributed by atoms with Gasteiger partial charge in [-0.1, -0.05) is 31.2 Å². The minimum absolute atomic E-state index is 0.175. The van der Waals surface area contributed by atoms with E-state index in [9.17, 15) is 9.18 Å². The molecule has 1 aromatic heterocycles. The lowest BCUT2D eigenvalue weighted by Crippen LogP contribution is -2.24. The van der Waals surface area contributed by atoms with Crippen LogP contribution in [0.25, 0.3) is 11.1 Å². The third kappa shape index (κ3) is 4.68. The number of aromatic nitrogens is 2. The first-order valence-corrected chi connectivity index (χ1v) is 9.38. The molecule has 1 atom stereocenters. The number of benzene rings is 2. The predicted molar refractivity (Wildman–Crippen MR) is 114 cm³/mol. The Morgan fingerprint density at radius 2 is 1.97 bits per heavy atom. The van der Waals surface area contributed by atoms with Crippen molar-refractivity contribution in [3.05, 3.63) is 82.0 Å². The minimum Gasteiger partial charge on any atom is -0.370 e. The molecule has 3 rings (SSSR count). The molecule has 7 heteroatoms. The molecule has 6 nitrogen and oxygen atoms in total. The first kappa shape index (κ1) is 20.3. The number of rotatable bonds is 5. The Morgan fingerprint density at radius 3 is 2.66 bits per heavy atom. The van der Waals surface area contributed by atoms with Gasteiger partial charge in [0.05, 0.1) is 11.6 Å². The summed E-state index contributed by atoms with van der Waals surface area (Å²) in [6.45, 7) is 3.94. The van der Waals surface area contributed by atoms with Crippen LogP contribution in [-0.4, -0.2) is 15.7 Å². The van der Waals surface area contributed by atoms with Gasteiger partial charge < -0.3 is 11.1 Å². The highest BCUT2D eigenvalue weighted by Gasteiger charge is 2.11. The fourth-order valence-corrected chi connectivity index (χ4v) is 3.07. The van der Waals surface area contributed by atoms with Gasteiger partial charge in [-0.05, 0) is 54.3 Å². The predicted octanol–water partition coefficient (Wildman–Crippen LogP) is 3.77. The van der Waals surface area contributed by atoms with Gasteiger partial charge in [0.15, 0.2) is 5.96 Å². The first-order chi connectivity index (χ1) is 13.9. The van der Waals surface area contributed by atoms with Crippen molar-refractivity contribution in [1.29, 1.82) is 0 Å². The molecule has 0 bridgehead atoms. The molecule has 150 valence electrons. The number of hydrogen-bond acceptors (Lipinski definition) is 3. The number of nitrogens with one attached hydrogen (secondary N) is 1. The van der Waals surface area contributed by atoms with Crippen molar-refractivity contribution in [1.82, 2.24) is 9.78 Å². The van der Waals surface area contributed by atoms with E-state index in [-0.39, 0.29) is 23.4 Å². The van der Waals surface area contributed by atoms with Crippen LogP contribution in [0.1, 0.15) is 30.5 Å². The molecule has 0 aliphatic rings. The van der Waals surface area contributed by atoms with Gasteiger partial charge in [0.25, 0.3) is 5.56 Å². The number of nitrogens with two attached hydrogens (primary N) is 1. The zero-order valence-corrected chi connectivity index (χ0v) is 16.7. The molecule has 2 aromatic carbocycles. The standard InChI is InChI=1S/C22H24FN5O/c1-4-19(15-7-9-17(23)10-8-15)26-22(24)27-20-13-16(6-5-14(20)2)18-11-12-25-28(3)21(18)29/h5-13,19H,4H2,1-3H3,(H3,24,26,27). The topological polar surface area (TPSA) is 85.3 Å². The summed E-state index contributed by atoms with van der Waals surface area (Å²) in [6, 6.07) is 13.4. The molecule has 3 aromatic rings. The Labute approximate surface area is 168 Å². The van der Waals surface area contributed by atoms with E-state index in [2.05, 4.69) is 15.4 Å². The Morgan fingerprint density at radius 1 is 1.24 bits per heavy atom. The normalized spacial score (nSPS) is 12.6. The Kier molecular flexibility index (Phi) is 6.07. The summed E-state index contributed by atoms with van der Waals surface area (Å²) in [6.07, 6.45) is 2.31. The lowest BCUT2D eigenvalue weighted by atomic mass is 10.0. The van der Waals surface area contributed by atoms with E-state index in [1.165, 1.54) is 16.8 Å². The summed E-state index contributed by atoms with van der Waals surface area (Å²) in [4.78, 5) is 16.9. The van der Waals surface area contributed by atoms with Crippen LogP contribution in [0.2, 0.25) is 0 Å². The summed E-state index contributed by atoms with van der Waals surface area (Å²) < 4.78 is 14.5. The molecule has 29 heavy (non-hydrogen) atoms. The van der Waals surface area contributed by atoms with E-state index in [0.29, 0.717) is 5.56 Å². The van der Waals surface area contributed by atoms with Crippen molar-refractivity contribution in [3.8, 4) is 11.1 Å². The van der Waals surface area contributed by atoms with E-state index in [0.717, 1.165) is 28.8 Å². The second-order valence-electron chi connectivity index (χ2n) is 6.82. The summed E-state index contributed by atoms with van der Waals surface area (Å²) in [7, 11) is 1.62. The van der Waals surface area contributed by atoms with Gasteiger partial charge in [0.2, 0.25) is 0 Å². The average Bonchev–Trinajstić information content (AvgIpc) is 2.71. The maximum Gasteiger partial charge on any atom is 0.274 e. The number of aliphatic imine (C=N–C) groups is 1. The third-order valence-electron chi connectivity index (χ3n) is 4.75. The smallest absolute Gasteiger partial charge is 0.274 e. The zero-order chi connectivity index (χ0) is 21.0. The fraction of sp³-hybridized carbons (Fsp3) is 0.227. The SMILES string of the molecule is CCC(N=C(N)Nc1cc(-c2ccnn(C)c2=O)ccc1C)c1ccc(F)cc1. The van der Waals surface area contributed by atoms with Crippen LogP contribution in [0.3, 0.4) is 0 Å². The minimum atomic E-state index is -0.284. The lowest BCUT2D eigenvalue weighted by molar-refractivity contribution is 0.623. The monoisotopic (exact) mass is 393 g/mol. The molecule has 0 aliphatic carbocycles. The van der Waals surface area contributed by atoms with Gasteiger partial charge in [-0.15, -0.1) is 0 Å². The molecule has 3 N–H and O–H groups in total. The molecule has 0 radical (unpaired) electrons. The van der Waals surface area contributed by atoms with Gasteiger partial charge in [-0.3, -0.25) is 4.79 Å². The number of halogens is 1. The Balaban J connectivity index is 1.88.